The molecule has 1 fully saturated rings. The molecule has 7 nitrogen and oxygen atoms in total. The van der Waals surface area contributed by atoms with Crippen LogP contribution in [0.4, 0.5) is 0 Å². The minimum Gasteiger partial charge on any atom is -0.550 e. The van der Waals surface area contributed by atoms with Crippen LogP contribution in [0, 0.1) is 23.7 Å². The van der Waals surface area contributed by atoms with Gasteiger partial charge in [0.1, 0.15) is 6.33 Å². The number of carboxylic acid groups (broad SMARTS) is 1. The van der Waals surface area contributed by atoms with Gasteiger partial charge in [0.2, 0.25) is 5.91 Å². The van der Waals surface area contributed by atoms with Crippen molar-refractivity contribution in [2.45, 2.75) is 20.4 Å². The van der Waals surface area contributed by atoms with E-state index in [2.05, 4.69) is 15.5 Å². The molecule has 1 amide bonds. The summed E-state index contributed by atoms with van der Waals surface area (Å²) in [5.41, 5.74) is 0.894. The predicted octanol–water partition coefficient (Wildman–Crippen LogP) is -2.84. The first-order valence-electron chi connectivity index (χ1n) is 7.93. The molecule has 1 aromatic heterocycles. The van der Waals surface area contributed by atoms with Gasteiger partial charge in [-0.05, 0) is 24.0 Å². The number of carbonyl (C=O) groups is 2. The second kappa shape index (κ2) is 8.12. The molecular formula is C17H19N4NaO3. The van der Waals surface area contributed by atoms with Crippen LogP contribution in [0.25, 0.3) is 5.69 Å². The molecule has 1 N–H and O–H groups in total. The summed E-state index contributed by atoms with van der Waals surface area (Å²) in [6.45, 7) is 3.91. The van der Waals surface area contributed by atoms with Crippen molar-refractivity contribution in [1.82, 2.24) is 20.1 Å². The number of aliphatic carboxylic acids is 1. The van der Waals surface area contributed by atoms with Crippen LogP contribution in [0.3, 0.4) is 0 Å². The average molecular weight is 350 g/mol. The number of amides is 1. The van der Waals surface area contributed by atoms with E-state index in [9.17, 15) is 14.7 Å². The Labute approximate surface area is 168 Å². The van der Waals surface area contributed by atoms with Crippen LogP contribution < -0.4 is 40.0 Å². The number of para-hydroxylation sites is 1. The molecule has 1 aromatic carbocycles. The van der Waals surface area contributed by atoms with Crippen molar-refractivity contribution in [2.75, 3.05) is 0 Å². The first-order chi connectivity index (χ1) is 11.5. The molecule has 1 aliphatic carbocycles. The van der Waals surface area contributed by atoms with Crippen molar-refractivity contribution in [3.63, 3.8) is 0 Å². The van der Waals surface area contributed by atoms with E-state index in [4.69, 9.17) is 0 Å². The normalized spacial score (nSPS) is 24.7. The Balaban J connectivity index is 0.00000225. The minimum atomic E-state index is -1.16. The Morgan fingerprint density at radius 3 is 2.44 bits per heavy atom. The molecule has 1 heterocycles. The third kappa shape index (κ3) is 3.78. The van der Waals surface area contributed by atoms with Gasteiger partial charge in [-0.2, -0.15) is 0 Å². The molecule has 1 aliphatic rings. The number of nitrogens with zero attached hydrogens (tertiary/aromatic N) is 3. The number of carbonyl (C=O) groups excluding carboxylic acids is 2. The fourth-order valence-corrected chi connectivity index (χ4v) is 3.39. The standard InChI is InChI=1S/C17H20N4O3.Na/c1-10-11(2)15(17(23)24)14(10)16(22)18-8-13-20-19-9-21(13)12-6-4-3-5-7-12;/h3-7,9-11,14-15H,8H2,1-2H3,(H,18,22)(H,23,24);/q;+1/p-1/t10?,11?,14-,15+;/m0./s1. The molecule has 0 spiro atoms. The number of hydrogen-bond acceptors (Lipinski definition) is 5. The van der Waals surface area contributed by atoms with Crippen molar-refractivity contribution in [3.05, 3.63) is 42.5 Å². The first kappa shape index (κ1) is 19.6. The predicted molar refractivity (Wildman–Crippen MR) is 83.5 cm³/mol. The van der Waals surface area contributed by atoms with E-state index >= 15 is 0 Å². The number of benzene rings is 1. The second-order valence-electron chi connectivity index (χ2n) is 6.26. The van der Waals surface area contributed by atoms with Crippen LogP contribution >= 0.6 is 0 Å². The Bertz CT molecular complexity index is 749. The van der Waals surface area contributed by atoms with Crippen molar-refractivity contribution in [2.24, 2.45) is 23.7 Å². The fourth-order valence-electron chi connectivity index (χ4n) is 3.39. The Hall–Kier alpha value is -1.70. The van der Waals surface area contributed by atoms with Crippen LogP contribution in [0.1, 0.15) is 19.7 Å². The van der Waals surface area contributed by atoms with Gasteiger partial charge < -0.3 is 15.2 Å². The maximum absolute atomic E-state index is 12.4. The summed E-state index contributed by atoms with van der Waals surface area (Å²) in [5, 5.41) is 21.9. The summed E-state index contributed by atoms with van der Waals surface area (Å²) >= 11 is 0. The third-order valence-corrected chi connectivity index (χ3v) is 5.00. The van der Waals surface area contributed by atoms with Gasteiger partial charge in [0.05, 0.1) is 6.54 Å². The molecule has 0 aliphatic heterocycles. The summed E-state index contributed by atoms with van der Waals surface area (Å²) in [6.07, 6.45) is 1.58. The van der Waals surface area contributed by atoms with Gasteiger partial charge in [-0.3, -0.25) is 9.36 Å². The Morgan fingerprint density at radius 1 is 1.16 bits per heavy atom. The maximum atomic E-state index is 12.4. The van der Waals surface area contributed by atoms with Crippen LogP contribution in [0.2, 0.25) is 0 Å². The summed E-state index contributed by atoms with van der Waals surface area (Å²) in [4.78, 5) is 23.6. The molecule has 126 valence electrons. The van der Waals surface area contributed by atoms with Gasteiger partial charge in [0.15, 0.2) is 5.82 Å². The molecule has 2 aromatic rings. The monoisotopic (exact) mass is 350 g/mol. The third-order valence-electron chi connectivity index (χ3n) is 5.00. The summed E-state index contributed by atoms with van der Waals surface area (Å²) in [5.74, 6) is -2.19. The molecule has 4 atom stereocenters. The molecule has 2 unspecified atom stereocenters. The van der Waals surface area contributed by atoms with E-state index in [1.54, 1.807) is 10.9 Å². The molecule has 0 bridgehead atoms. The van der Waals surface area contributed by atoms with Crippen molar-refractivity contribution < 1.29 is 44.3 Å². The Kier molecular flexibility index (Phi) is 6.37. The van der Waals surface area contributed by atoms with Crippen LogP contribution in [-0.4, -0.2) is 26.6 Å². The first-order valence-corrected chi connectivity index (χ1v) is 7.93. The van der Waals surface area contributed by atoms with Crippen molar-refractivity contribution in [3.8, 4) is 5.69 Å². The van der Waals surface area contributed by atoms with Crippen molar-refractivity contribution in [1.29, 1.82) is 0 Å². The van der Waals surface area contributed by atoms with Gasteiger partial charge in [-0.25, -0.2) is 0 Å². The number of carboxylic acids is 1. The van der Waals surface area contributed by atoms with Crippen LogP contribution in [0.5, 0.6) is 0 Å². The topological polar surface area (TPSA) is 99.9 Å². The molecule has 1 saturated carbocycles. The maximum Gasteiger partial charge on any atom is 1.00 e. The average Bonchev–Trinajstić information content (AvgIpc) is 3.05. The number of aromatic nitrogens is 3. The smallest absolute Gasteiger partial charge is 0.550 e. The van der Waals surface area contributed by atoms with E-state index in [0.717, 1.165) is 5.69 Å². The van der Waals surface area contributed by atoms with Crippen LogP contribution in [-0.2, 0) is 16.1 Å². The van der Waals surface area contributed by atoms with E-state index < -0.39 is 17.8 Å². The molecule has 0 radical (unpaired) electrons. The summed E-state index contributed by atoms with van der Waals surface area (Å²) in [6, 6.07) is 9.54. The zero-order valence-electron chi connectivity index (χ0n) is 14.5. The molecule has 0 saturated heterocycles. The number of rotatable bonds is 5. The largest absolute Gasteiger partial charge is 1.00 e. The van der Waals surface area contributed by atoms with Gasteiger partial charge in [-0.1, -0.05) is 32.0 Å². The van der Waals surface area contributed by atoms with Gasteiger partial charge >= 0.3 is 29.6 Å². The van der Waals surface area contributed by atoms with E-state index in [0.29, 0.717) is 5.82 Å². The second-order valence-corrected chi connectivity index (χ2v) is 6.26. The van der Waals surface area contributed by atoms with E-state index in [1.807, 2.05) is 44.2 Å². The summed E-state index contributed by atoms with van der Waals surface area (Å²) in [7, 11) is 0. The van der Waals surface area contributed by atoms with Gasteiger partial charge in [0.25, 0.3) is 0 Å². The fraction of sp³-hybridized carbons (Fsp3) is 0.412. The SMILES string of the molecule is CC1C(C)[C@H](C(=O)NCc2nncn2-c2ccccc2)[C@@H]1C(=O)[O-].[Na+]. The van der Waals surface area contributed by atoms with E-state index in [1.165, 1.54) is 0 Å². The molecular weight excluding hydrogens is 331 g/mol. The molecule has 8 heteroatoms. The van der Waals surface area contributed by atoms with Gasteiger partial charge in [0, 0.05) is 23.5 Å². The van der Waals surface area contributed by atoms with Crippen molar-refractivity contribution >= 4 is 11.9 Å². The summed E-state index contributed by atoms with van der Waals surface area (Å²) < 4.78 is 1.78. The zero-order valence-corrected chi connectivity index (χ0v) is 16.5. The Morgan fingerprint density at radius 2 is 1.80 bits per heavy atom. The number of hydrogen-bond donors (Lipinski definition) is 1. The minimum absolute atomic E-state index is 0. The van der Waals surface area contributed by atoms with E-state index in [-0.39, 0.29) is 53.8 Å². The van der Waals surface area contributed by atoms with Gasteiger partial charge in [-0.15, -0.1) is 10.2 Å². The molecule has 3 rings (SSSR count). The molecule has 25 heavy (non-hydrogen) atoms. The zero-order chi connectivity index (χ0) is 17.3. The number of nitrogens with one attached hydrogen (secondary N) is 1. The van der Waals surface area contributed by atoms with Crippen LogP contribution in [0.15, 0.2) is 36.7 Å². The quantitative estimate of drug-likeness (QED) is 0.586.